The highest BCUT2D eigenvalue weighted by Gasteiger charge is 2.18. The second kappa shape index (κ2) is 5.66. The maximum Gasteiger partial charge on any atom is 0.153 e. The van der Waals surface area contributed by atoms with Crippen LogP contribution in [0.2, 0.25) is 0 Å². The Morgan fingerprint density at radius 3 is 2.57 bits per heavy atom. The van der Waals surface area contributed by atoms with Crippen LogP contribution in [0.3, 0.4) is 0 Å². The number of anilines is 1. The van der Waals surface area contributed by atoms with Gasteiger partial charge >= 0.3 is 0 Å². The molecule has 3 N–H and O–H groups in total. The van der Waals surface area contributed by atoms with Crippen molar-refractivity contribution in [2.75, 3.05) is 5.73 Å². The van der Waals surface area contributed by atoms with Crippen LogP contribution >= 0.6 is 31.9 Å². The summed E-state index contributed by atoms with van der Waals surface area (Å²) in [6.07, 6.45) is 0. The van der Waals surface area contributed by atoms with E-state index in [4.69, 9.17) is 5.73 Å². The largest absolute Gasteiger partial charge is 0.382 e. The number of halogens is 2. The van der Waals surface area contributed by atoms with E-state index < -0.39 is 0 Å². The normalized spacial score (nSPS) is 10.8. The van der Waals surface area contributed by atoms with E-state index in [1.165, 1.54) is 0 Å². The molecule has 1 aromatic heterocycles. The molecule has 3 aromatic rings. The molecule has 1 heterocycles. The van der Waals surface area contributed by atoms with Crippen molar-refractivity contribution in [2.45, 2.75) is 6.92 Å². The lowest BCUT2D eigenvalue weighted by Gasteiger charge is -2.09. The standard InChI is InChI=1S/C16H13Br2N3/c1-9-6-7-10(17)8-12(9)15-14(16(19)21-20-15)11-4-2-3-5-13(11)18/h2-8H,1H3,(H3,19,20,21). The second-order valence-corrected chi connectivity index (χ2v) is 6.57. The summed E-state index contributed by atoms with van der Waals surface area (Å²) < 4.78 is 2.02. The molecule has 0 aliphatic carbocycles. The lowest BCUT2D eigenvalue weighted by atomic mass is 9.98. The zero-order chi connectivity index (χ0) is 15.0. The average Bonchev–Trinajstić information content (AvgIpc) is 2.84. The summed E-state index contributed by atoms with van der Waals surface area (Å²) in [5, 5.41) is 7.27. The van der Waals surface area contributed by atoms with E-state index >= 15 is 0 Å². The number of nitrogens with two attached hydrogens (primary N) is 1. The summed E-state index contributed by atoms with van der Waals surface area (Å²) in [7, 11) is 0. The molecule has 0 saturated carbocycles. The number of nitrogen functional groups attached to an aromatic ring is 1. The van der Waals surface area contributed by atoms with Crippen LogP contribution in [0.25, 0.3) is 22.4 Å². The van der Waals surface area contributed by atoms with Crippen molar-refractivity contribution < 1.29 is 0 Å². The van der Waals surface area contributed by atoms with E-state index in [9.17, 15) is 0 Å². The summed E-state index contributed by atoms with van der Waals surface area (Å²) in [5.41, 5.74) is 11.2. The van der Waals surface area contributed by atoms with Crippen molar-refractivity contribution >= 4 is 37.7 Å². The van der Waals surface area contributed by atoms with Gasteiger partial charge in [-0.15, -0.1) is 0 Å². The number of benzene rings is 2. The quantitative estimate of drug-likeness (QED) is 0.617. The highest BCUT2D eigenvalue weighted by atomic mass is 79.9. The number of hydrogen-bond donors (Lipinski definition) is 2. The summed E-state index contributed by atoms with van der Waals surface area (Å²) in [4.78, 5) is 0. The van der Waals surface area contributed by atoms with Gasteiger partial charge in [0.25, 0.3) is 0 Å². The molecule has 106 valence electrons. The molecule has 0 unspecified atom stereocenters. The molecule has 2 aromatic carbocycles. The van der Waals surface area contributed by atoms with Gasteiger partial charge in [0.05, 0.1) is 11.3 Å². The van der Waals surface area contributed by atoms with Gasteiger partial charge in [0, 0.05) is 20.1 Å². The fraction of sp³-hybridized carbons (Fsp3) is 0.0625. The van der Waals surface area contributed by atoms with Crippen molar-refractivity contribution in [3.05, 3.63) is 57.0 Å². The van der Waals surface area contributed by atoms with E-state index in [0.717, 1.165) is 36.9 Å². The average molecular weight is 407 g/mol. The number of H-pyrrole nitrogens is 1. The van der Waals surface area contributed by atoms with E-state index in [1.54, 1.807) is 0 Å². The molecule has 0 radical (unpaired) electrons. The highest BCUT2D eigenvalue weighted by Crippen LogP contribution is 2.39. The van der Waals surface area contributed by atoms with Gasteiger partial charge in [0.15, 0.2) is 5.82 Å². The summed E-state index contributed by atoms with van der Waals surface area (Å²) in [5.74, 6) is 0.497. The number of aryl methyl sites for hydroxylation is 1. The molecular formula is C16H13Br2N3. The van der Waals surface area contributed by atoms with Crippen molar-refractivity contribution in [2.24, 2.45) is 0 Å². The van der Waals surface area contributed by atoms with Gasteiger partial charge in [-0.2, -0.15) is 5.10 Å². The first-order valence-electron chi connectivity index (χ1n) is 6.43. The summed E-state index contributed by atoms with van der Waals surface area (Å²) in [6.45, 7) is 2.07. The first-order chi connectivity index (χ1) is 10.1. The third-order valence-electron chi connectivity index (χ3n) is 3.41. The Balaban J connectivity index is 2.27. The number of nitrogens with zero attached hydrogens (tertiary/aromatic N) is 1. The smallest absolute Gasteiger partial charge is 0.153 e. The molecule has 21 heavy (non-hydrogen) atoms. The van der Waals surface area contributed by atoms with E-state index in [-0.39, 0.29) is 0 Å². The van der Waals surface area contributed by atoms with Crippen LogP contribution in [0.4, 0.5) is 5.82 Å². The first-order valence-corrected chi connectivity index (χ1v) is 8.02. The summed E-state index contributed by atoms with van der Waals surface area (Å²) >= 11 is 7.11. The Morgan fingerprint density at radius 2 is 1.81 bits per heavy atom. The van der Waals surface area contributed by atoms with Crippen LogP contribution in [0.15, 0.2) is 51.4 Å². The number of aromatic amines is 1. The topological polar surface area (TPSA) is 54.7 Å². The lowest BCUT2D eigenvalue weighted by Crippen LogP contribution is -1.91. The fourth-order valence-corrected chi connectivity index (χ4v) is 3.20. The molecule has 0 fully saturated rings. The molecule has 0 saturated heterocycles. The minimum atomic E-state index is 0.497. The van der Waals surface area contributed by atoms with Crippen LogP contribution in [-0.2, 0) is 0 Å². The molecule has 0 aliphatic rings. The van der Waals surface area contributed by atoms with Gasteiger partial charge < -0.3 is 5.73 Å². The fourth-order valence-electron chi connectivity index (χ4n) is 2.35. The number of nitrogens with one attached hydrogen (secondary N) is 1. The molecule has 5 heteroatoms. The molecule has 3 rings (SSSR count). The van der Waals surface area contributed by atoms with E-state index in [0.29, 0.717) is 5.82 Å². The van der Waals surface area contributed by atoms with E-state index in [2.05, 4.69) is 61.1 Å². The van der Waals surface area contributed by atoms with Gasteiger partial charge in [0.1, 0.15) is 0 Å². The third kappa shape index (κ3) is 2.63. The van der Waals surface area contributed by atoms with Crippen molar-refractivity contribution in [3.63, 3.8) is 0 Å². The maximum atomic E-state index is 6.09. The van der Waals surface area contributed by atoms with Gasteiger partial charge in [-0.25, -0.2) is 0 Å². The van der Waals surface area contributed by atoms with Crippen LogP contribution in [0.5, 0.6) is 0 Å². The minimum Gasteiger partial charge on any atom is -0.382 e. The van der Waals surface area contributed by atoms with Crippen LogP contribution in [0, 0.1) is 6.92 Å². The van der Waals surface area contributed by atoms with Gasteiger partial charge in [-0.05, 0) is 30.7 Å². The van der Waals surface area contributed by atoms with Crippen LogP contribution < -0.4 is 5.73 Å². The molecule has 0 amide bonds. The highest BCUT2D eigenvalue weighted by molar-refractivity contribution is 9.10. The molecule has 0 spiro atoms. The van der Waals surface area contributed by atoms with Gasteiger partial charge in [-0.1, -0.05) is 56.1 Å². The van der Waals surface area contributed by atoms with Crippen molar-refractivity contribution in [1.82, 2.24) is 10.2 Å². The lowest BCUT2D eigenvalue weighted by molar-refractivity contribution is 1.10. The SMILES string of the molecule is Cc1ccc(Br)cc1-c1[nH]nc(N)c1-c1ccccc1Br. The molecule has 0 aliphatic heterocycles. The van der Waals surface area contributed by atoms with Gasteiger partial charge in [0.2, 0.25) is 0 Å². The molecule has 0 atom stereocenters. The van der Waals surface area contributed by atoms with Crippen LogP contribution in [-0.4, -0.2) is 10.2 Å². The Morgan fingerprint density at radius 1 is 1.05 bits per heavy atom. The second-order valence-electron chi connectivity index (χ2n) is 4.80. The van der Waals surface area contributed by atoms with Gasteiger partial charge in [-0.3, -0.25) is 5.10 Å². The number of aromatic nitrogens is 2. The van der Waals surface area contributed by atoms with E-state index in [1.807, 2.05) is 30.3 Å². The predicted molar refractivity (Wildman–Crippen MR) is 94.0 cm³/mol. The zero-order valence-corrected chi connectivity index (χ0v) is 14.5. The summed E-state index contributed by atoms with van der Waals surface area (Å²) in [6, 6.07) is 14.2. The van der Waals surface area contributed by atoms with Crippen LogP contribution in [0.1, 0.15) is 5.56 Å². The van der Waals surface area contributed by atoms with Crippen molar-refractivity contribution in [1.29, 1.82) is 0 Å². The Bertz CT molecular complexity index is 809. The Hall–Kier alpha value is -1.59. The third-order valence-corrected chi connectivity index (χ3v) is 4.59. The zero-order valence-electron chi connectivity index (χ0n) is 11.3. The molecule has 0 bridgehead atoms. The number of hydrogen-bond acceptors (Lipinski definition) is 2. The predicted octanol–water partition coefficient (Wildman–Crippen LogP) is 5.16. The monoisotopic (exact) mass is 405 g/mol. The van der Waals surface area contributed by atoms with Crippen molar-refractivity contribution in [3.8, 4) is 22.4 Å². The Labute approximate surface area is 139 Å². The first kappa shape index (κ1) is 14.4. The Kier molecular flexibility index (Phi) is 3.87. The molecule has 3 nitrogen and oxygen atoms in total. The molecular weight excluding hydrogens is 394 g/mol. The maximum absolute atomic E-state index is 6.09. The number of rotatable bonds is 2. The minimum absolute atomic E-state index is 0.497.